The number of hydrogen-bond acceptors (Lipinski definition) is 3. The topological polar surface area (TPSA) is 26.7 Å². The summed E-state index contributed by atoms with van der Waals surface area (Å²) in [5, 5.41) is 9.26. The first kappa shape index (κ1) is 14.9. The second-order valence-electron chi connectivity index (χ2n) is 6.62. The van der Waals surface area contributed by atoms with Gasteiger partial charge in [0.25, 0.3) is 0 Å². The highest BCUT2D eigenvalue weighted by Crippen LogP contribution is 2.20. The molecule has 0 spiro atoms. The number of likely N-dealkylation sites (tertiary alicyclic amines) is 1. The quantitative estimate of drug-likeness (QED) is 0.767. The molecule has 1 aliphatic heterocycles. The lowest BCUT2D eigenvalue weighted by Crippen LogP contribution is -2.37. The minimum atomic E-state index is 0.0259. The lowest BCUT2D eigenvalue weighted by molar-refractivity contribution is 0.108. The molecule has 1 atom stereocenters. The van der Waals surface area contributed by atoms with Gasteiger partial charge in [0.05, 0.1) is 0 Å². The van der Waals surface area contributed by atoms with Crippen LogP contribution in [-0.2, 0) is 0 Å². The van der Waals surface area contributed by atoms with E-state index in [2.05, 4.69) is 37.7 Å². The van der Waals surface area contributed by atoms with Crippen LogP contribution in [0.2, 0.25) is 0 Å². The van der Waals surface area contributed by atoms with Crippen molar-refractivity contribution in [2.75, 3.05) is 46.9 Å². The zero-order valence-corrected chi connectivity index (χ0v) is 12.1. The first-order valence-corrected chi connectivity index (χ1v) is 6.91. The molecule has 102 valence electrons. The Kier molecular flexibility index (Phi) is 5.90. The molecule has 3 heteroatoms. The fourth-order valence-electron chi connectivity index (χ4n) is 2.77. The molecule has 3 nitrogen and oxygen atoms in total. The van der Waals surface area contributed by atoms with Crippen LogP contribution in [0, 0.1) is 11.3 Å². The zero-order valence-electron chi connectivity index (χ0n) is 12.1. The zero-order chi connectivity index (χ0) is 12.9. The Hall–Kier alpha value is -0.120. The van der Waals surface area contributed by atoms with Gasteiger partial charge in [-0.1, -0.05) is 13.8 Å². The smallest absolute Gasteiger partial charge is 0.0494 e. The molecule has 1 saturated heterocycles. The average Bonchev–Trinajstić information content (AvgIpc) is 2.26. The summed E-state index contributed by atoms with van der Waals surface area (Å²) in [7, 11) is 4.40. The van der Waals surface area contributed by atoms with Gasteiger partial charge in [0.1, 0.15) is 0 Å². The van der Waals surface area contributed by atoms with E-state index in [9.17, 15) is 5.11 Å². The molecule has 1 fully saturated rings. The van der Waals surface area contributed by atoms with Gasteiger partial charge in [0.2, 0.25) is 0 Å². The summed E-state index contributed by atoms with van der Waals surface area (Å²) in [6, 6.07) is 0. The molecule has 0 aromatic heterocycles. The minimum absolute atomic E-state index is 0.0259. The average molecular weight is 242 g/mol. The summed E-state index contributed by atoms with van der Waals surface area (Å²) in [5.41, 5.74) is 0.0259. The Morgan fingerprint density at radius 2 is 2.12 bits per heavy atom. The van der Waals surface area contributed by atoms with Crippen LogP contribution in [0.15, 0.2) is 0 Å². The Bertz CT molecular complexity index is 218. The van der Waals surface area contributed by atoms with E-state index >= 15 is 0 Å². The summed E-state index contributed by atoms with van der Waals surface area (Å²) in [6.07, 6.45) is 4.04. The number of piperidine rings is 1. The van der Waals surface area contributed by atoms with Crippen molar-refractivity contribution in [3.05, 3.63) is 0 Å². The Labute approximate surface area is 107 Å². The lowest BCUT2D eigenvalue weighted by Gasteiger charge is -2.32. The Balaban J connectivity index is 2.21. The van der Waals surface area contributed by atoms with Crippen molar-refractivity contribution < 1.29 is 5.11 Å². The fourth-order valence-corrected chi connectivity index (χ4v) is 2.77. The highest BCUT2D eigenvalue weighted by Gasteiger charge is 2.21. The van der Waals surface area contributed by atoms with Crippen molar-refractivity contribution in [1.29, 1.82) is 0 Å². The van der Waals surface area contributed by atoms with E-state index in [0.717, 1.165) is 19.0 Å². The van der Waals surface area contributed by atoms with Crippen molar-refractivity contribution in [1.82, 2.24) is 9.80 Å². The molecule has 1 rings (SSSR count). The van der Waals surface area contributed by atoms with Crippen LogP contribution in [0.1, 0.15) is 33.1 Å². The third-order valence-electron chi connectivity index (χ3n) is 3.77. The molecule has 0 saturated carbocycles. The summed E-state index contributed by atoms with van der Waals surface area (Å²) in [6.45, 7) is 9.17. The van der Waals surface area contributed by atoms with Crippen LogP contribution in [0.5, 0.6) is 0 Å². The van der Waals surface area contributed by atoms with Crippen LogP contribution in [0.4, 0.5) is 0 Å². The van der Waals surface area contributed by atoms with E-state index in [1.807, 2.05) is 0 Å². The van der Waals surface area contributed by atoms with Gasteiger partial charge < -0.3 is 14.9 Å². The van der Waals surface area contributed by atoms with Gasteiger partial charge in [-0.3, -0.25) is 0 Å². The van der Waals surface area contributed by atoms with Gasteiger partial charge in [-0.05, 0) is 52.4 Å². The SMILES string of the molecule is CN1CCCC(CCN(C)CC(C)(C)CO)C1. The molecular formula is C14H30N2O. The number of aliphatic hydroxyl groups is 1. The number of aliphatic hydroxyl groups excluding tert-OH is 1. The molecule has 0 aliphatic carbocycles. The van der Waals surface area contributed by atoms with E-state index in [0.29, 0.717) is 0 Å². The molecule has 0 bridgehead atoms. The van der Waals surface area contributed by atoms with Gasteiger partial charge in [0.15, 0.2) is 0 Å². The highest BCUT2D eigenvalue weighted by molar-refractivity contribution is 4.74. The van der Waals surface area contributed by atoms with Crippen LogP contribution < -0.4 is 0 Å². The molecule has 1 N–H and O–H groups in total. The maximum absolute atomic E-state index is 9.26. The highest BCUT2D eigenvalue weighted by atomic mass is 16.3. The molecule has 0 aromatic rings. The maximum atomic E-state index is 9.26. The summed E-state index contributed by atoms with van der Waals surface area (Å²) in [5.74, 6) is 0.869. The maximum Gasteiger partial charge on any atom is 0.0494 e. The molecule has 1 heterocycles. The normalized spacial score (nSPS) is 23.3. The van der Waals surface area contributed by atoms with Gasteiger partial charge in [-0.25, -0.2) is 0 Å². The summed E-state index contributed by atoms with van der Waals surface area (Å²) >= 11 is 0. The third kappa shape index (κ3) is 5.84. The molecule has 1 aliphatic rings. The Morgan fingerprint density at radius 1 is 1.41 bits per heavy atom. The molecular weight excluding hydrogens is 212 g/mol. The monoisotopic (exact) mass is 242 g/mol. The second kappa shape index (κ2) is 6.72. The fraction of sp³-hybridized carbons (Fsp3) is 1.00. The van der Waals surface area contributed by atoms with E-state index in [1.54, 1.807) is 0 Å². The predicted molar refractivity (Wildman–Crippen MR) is 73.2 cm³/mol. The van der Waals surface area contributed by atoms with Crippen LogP contribution >= 0.6 is 0 Å². The summed E-state index contributed by atoms with van der Waals surface area (Å²) < 4.78 is 0. The van der Waals surface area contributed by atoms with E-state index in [1.165, 1.54) is 32.4 Å². The minimum Gasteiger partial charge on any atom is -0.396 e. The predicted octanol–water partition coefficient (Wildman–Crippen LogP) is 1.67. The molecule has 0 radical (unpaired) electrons. The Morgan fingerprint density at radius 3 is 2.71 bits per heavy atom. The van der Waals surface area contributed by atoms with Crippen molar-refractivity contribution in [2.24, 2.45) is 11.3 Å². The van der Waals surface area contributed by atoms with E-state index in [4.69, 9.17) is 0 Å². The second-order valence-corrected chi connectivity index (χ2v) is 6.62. The molecule has 0 aromatic carbocycles. The summed E-state index contributed by atoms with van der Waals surface area (Å²) in [4.78, 5) is 4.82. The van der Waals surface area contributed by atoms with Crippen LogP contribution in [0.3, 0.4) is 0 Å². The first-order chi connectivity index (χ1) is 7.93. The number of rotatable bonds is 6. The van der Waals surface area contributed by atoms with Gasteiger partial charge in [0, 0.05) is 25.1 Å². The van der Waals surface area contributed by atoms with Crippen molar-refractivity contribution in [3.63, 3.8) is 0 Å². The number of hydrogen-bond donors (Lipinski definition) is 1. The third-order valence-corrected chi connectivity index (χ3v) is 3.77. The van der Waals surface area contributed by atoms with Crippen molar-refractivity contribution >= 4 is 0 Å². The van der Waals surface area contributed by atoms with Crippen molar-refractivity contribution in [2.45, 2.75) is 33.1 Å². The van der Waals surface area contributed by atoms with Gasteiger partial charge >= 0.3 is 0 Å². The van der Waals surface area contributed by atoms with Crippen LogP contribution in [0.25, 0.3) is 0 Å². The molecule has 17 heavy (non-hydrogen) atoms. The standard InChI is InChI=1S/C14H30N2O/c1-14(2,12-17)11-16(4)9-7-13-6-5-8-15(3)10-13/h13,17H,5-12H2,1-4H3. The first-order valence-electron chi connectivity index (χ1n) is 6.91. The van der Waals surface area contributed by atoms with Crippen molar-refractivity contribution in [3.8, 4) is 0 Å². The van der Waals surface area contributed by atoms with Crippen LogP contribution in [-0.4, -0.2) is 61.8 Å². The largest absolute Gasteiger partial charge is 0.396 e. The van der Waals surface area contributed by atoms with E-state index < -0.39 is 0 Å². The lowest BCUT2D eigenvalue weighted by atomic mass is 9.92. The molecule has 0 amide bonds. The van der Waals surface area contributed by atoms with Gasteiger partial charge in [-0.15, -0.1) is 0 Å². The number of nitrogens with zero attached hydrogens (tertiary/aromatic N) is 2. The van der Waals surface area contributed by atoms with Gasteiger partial charge in [-0.2, -0.15) is 0 Å². The molecule has 1 unspecified atom stereocenters. The van der Waals surface area contributed by atoms with E-state index in [-0.39, 0.29) is 12.0 Å².